The summed E-state index contributed by atoms with van der Waals surface area (Å²) in [4.78, 5) is 14.2. The third-order valence-corrected chi connectivity index (χ3v) is 4.12. The highest BCUT2D eigenvalue weighted by atomic mass is 32.1. The highest BCUT2D eigenvalue weighted by Gasteiger charge is 2.19. The summed E-state index contributed by atoms with van der Waals surface area (Å²) in [6, 6.07) is 0. The van der Waals surface area contributed by atoms with Crippen molar-refractivity contribution in [3.63, 3.8) is 0 Å². The molecule has 1 rings (SSSR count). The monoisotopic (exact) mass is 258 g/mol. The molecule has 0 aliphatic carbocycles. The van der Waals surface area contributed by atoms with Crippen LogP contribution in [0.1, 0.15) is 33.6 Å². The number of thiol groups is 1. The predicted molar refractivity (Wildman–Crippen MR) is 75.5 cm³/mol. The minimum atomic E-state index is -0.186. The first-order valence-electron chi connectivity index (χ1n) is 6.69. The van der Waals surface area contributed by atoms with Crippen molar-refractivity contribution >= 4 is 18.5 Å². The number of likely N-dealkylation sites (tertiary alicyclic amines) is 1. The molecule has 1 fully saturated rings. The molecule has 17 heavy (non-hydrogen) atoms. The van der Waals surface area contributed by atoms with Gasteiger partial charge in [-0.3, -0.25) is 4.79 Å². The summed E-state index contributed by atoms with van der Waals surface area (Å²) in [6.07, 6.45) is 2.65. The van der Waals surface area contributed by atoms with Gasteiger partial charge in [-0.2, -0.15) is 12.6 Å². The van der Waals surface area contributed by atoms with Crippen LogP contribution in [0.15, 0.2) is 0 Å². The van der Waals surface area contributed by atoms with Crippen LogP contribution in [0.5, 0.6) is 0 Å². The maximum Gasteiger partial charge on any atom is 0.233 e. The van der Waals surface area contributed by atoms with E-state index in [2.05, 4.69) is 29.8 Å². The van der Waals surface area contributed by atoms with Gasteiger partial charge < -0.3 is 10.2 Å². The van der Waals surface area contributed by atoms with Gasteiger partial charge in [-0.15, -0.1) is 0 Å². The van der Waals surface area contributed by atoms with Crippen LogP contribution in [0.25, 0.3) is 0 Å². The van der Waals surface area contributed by atoms with Crippen LogP contribution in [0.4, 0.5) is 0 Å². The Bertz CT molecular complexity index is 240. The van der Waals surface area contributed by atoms with Crippen molar-refractivity contribution in [1.29, 1.82) is 0 Å². The zero-order chi connectivity index (χ0) is 12.8. The van der Waals surface area contributed by atoms with Gasteiger partial charge in [0, 0.05) is 13.1 Å². The minimum Gasteiger partial charge on any atom is -0.355 e. The number of nitrogens with zero attached hydrogens (tertiary/aromatic N) is 1. The molecule has 1 heterocycles. The molecule has 1 saturated heterocycles. The largest absolute Gasteiger partial charge is 0.355 e. The van der Waals surface area contributed by atoms with Crippen LogP contribution < -0.4 is 5.32 Å². The molecule has 0 saturated carbocycles. The van der Waals surface area contributed by atoms with Gasteiger partial charge in [0.05, 0.1) is 5.25 Å². The average molecular weight is 258 g/mol. The molecule has 0 radical (unpaired) electrons. The van der Waals surface area contributed by atoms with Crippen molar-refractivity contribution in [2.75, 3.05) is 26.2 Å². The summed E-state index contributed by atoms with van der Waals surface area (Å²) in [5.74, 6) is 0.869. The highest BCUT2D eigenvalue weighted by Crippen LogP contribution is 2.11. The van der Waals surface area contributed by atoms with Gasteiger partial charge in [-0.05, 0) is 37.8 Å². The quantitative estimate of drug-likeness (QED) is 0.712. The number of hydrogen-bond donors (Lipinski definition) is 2. The van der Waals surface area contributed by atoms with Gasteiger partial charge in [0.25, 0.3) is 0 Å². The van der Waals surface area contributed by atoms with Crippen molar-refractivity contribution < 1.29 is 4.79 Å². The Morgan fingerprint density at radius 3 is 2.41 bits per heavy atom. The summed E-state index contributed by atoms with van der Waals surface area (Å²) < 4.78 is 0. The Hall–Kier alpha value is -0.220. The number of rotatable bonds is 6. The van der Waals surface area contributed by atoms with Crippen LogP contribution in [0.3, 0.4) is 0 Å². The summed E-state index contributed by atoms with van der Waals surface area (Å²) in [5, 5.41) is 2.81. The Morgan fingerprint density at radius 2 is 1.88 bits per heavy atom. The van der Waals surface area contributed by atoms with Crippen molar-refractivity contribution in [3.8, 4) is 0 Å². The predicted octanol–water partition coefficient (Wildman–Crippen LogP) is 1.79. The lowest BCUT2D eigenvalue weighted by molar-refractivity contribution is -0.121. The van der Waals surface area contributed by atoms with Crippen LogP contribution in [0, 0.1) is 11.8 Å². The van der Waals surface area contributed by atoms with Gasteiger partial charge >= 0.3 is 0 Å². The molecule has 0 aromatic carbocycles. The molecule has 3 nitrogen and oxygen atoms in total. The molecule has 0 aromatic rings. The number of carbonyl (C=O) groups is 1. The lowest BCUT2D eigenvalue weighted by Crippen LogP contribution is -2.39. The fourth-order valence-electron chi connectivity index (χ4n) is 2.15. The molecule has 0 aromatic heterocycles. The second-order valence-corrected chi connectivity index (χ2v) is 6.10. The van der Waals surface area contributed by atoms with Crippen LogP contribution in [0.2, 0.25) is 0 Å². The Kier molecular flexibility index (Phi) is 6.34. The zero-order valence-corrected chi connectivity index (χ0v) is 12.2. The first-order valence-corrected chi connectivity index (χ1v) is 7.20. The second-order valence-electron chi connectivity index (χ2n) is 5.55. The van der Waals surface area contributed by atoms with Gasteiger partial charge in [-0.1, -0.05) is 20.8 Å². The van der Waals surface area contributed by atoms with Crippen LogP contribution in [-0.2, 0) is 4.79 Å². The van der Waals surface area contributed by atoms with Crippen molar-refractivity contribution in [1.82, 2.24) is 10.2 Å². The third kappa shape index (κ3) is 5.30. The Morgan fingerprint density at radius 1 is 1.29 bits per heavy atom. The molecule has 2 atom stereocenters. The topological polar surface area (TPSA) is 32.3 Å². The van der Waals surface area contributed by atoms with Crippen LogP contribution in [-0.4, -0.2) is 42.2 Å². The summed E-state index contributed by atoms with van der Waals surface area (Å²) in [7, 11) is 0. The molecule has 1 aliphatic rings. The van der Waals surface area contributed by atoms with E-state index in [1.54, 1.807) is 0 Å². The van der Waals surface area contributed by atoms with E-state index >= 15 is 0 Å². The van der Waals surface area contributed by atoms with E-state index in [1.165, 1.54) is 25.9 Å². The van der Waals surface area contributed by atoms with E-state index in [-0.39, 0.29) is 17.1 Å². The lowest BCUT2D eigenvalue weighted by atomic mass is 10.1. The number of amides is 1. The standard InChI is InChI=1S/C13H26N2OS/c1-10(2)12(17)13(16)14-8-11(3)9-15-6-4-5-7-15/h10-12,17H,4-9H2,1-3H3,(H,14,16). The smallest absolute Gasteiger partial charge is 0.233 e. The number of carbonyl (C=O) groups excluding carboxylic acids is 1. The third-order valence-electron chi connectivity index (χ3n) is 3.29. The van der Waals surface area contributed by atoms with E-state index in [4.69, 9.17) is 0 Å². The van der Waals surface area contributed by atoms with Crippen molar-refractivity contribution in [2.45, 2.75) is 38.9 Å². The lowest BCUT2D eigenvalue weighted by Gasteiger charge is -2.21. The van der Waals surface area contributed by atoms with E-state index in [1.807, 2.05) is 13.8 Å². The normalized spacial score (nSPS) is 20.5. The Labute approximate surface area is 111 Å². The number of hydrogen-bond acceptors (Lipinski definition) is 3. The first kappa shape index (κ1) is 14.8. The fourth-order valence-corrected chi connectivity index (χ4v) is 2.24. The summed E-state index contributed by atoms with van der Waals surface area (Å²) in [6.45, 7) is 10.5. The molecule has 1 amide bonds. The summed E-state index contributed by atoms with van der Waals surface area (Å²) in [5.41, 5.74) is 0. The molecular formula is C13H26N2OS. The molecule has 0 spiro atoms. The molecule has 4 heteroatoms. The van der Waals surface area contributed by atoms with Crippen LogP contribution >= 0.6 is 12.6 Å². The SMILES string of the molecule is CC(CNC(=O)C(S)C(C)C)CN1CCCC1. The highest BCUT2D eigenvalue weighted by molar-refractivity contribution is 7.81. The van der Waals surface area contributed by atoms with E-state index in [0.29, 0.717) is 5.92 Å². The molecule has 2 unspecified atom stereocenters. The number of nitrogens with one attached hydrogen (secondary N) is 1. The maximum atomic E-state index is 11.7. The first-order chi connectivity index (χ1) is 8.00. The molecule has 1 aliphatic heterocycles. The minimum absolute atomic E-state index is 0.0663. The molecule has 0 bridgehead atoms. The van der Waals surface area contributed by atoms with E-state index in [9.17, 15) is 4.79 Å². The zero-order valence-electron chi connectivity index (χ0n) is 11.3. The van der Waals surface area contributed by atoms with E-state index < -0.39 is 0 Å². The molecule has 100 valence electrons. The van der Waals surface area contributed by atoms with Gasteiger partial charge in [0.2, 0.25) is 5.91 Å². The Balaban J connectivity index is 2.18. The molecular weight excluding hydrogens is 232 g/mol. The van der Waals surface area contributed by atoms with Gasteiger partial charge in [0.1, 0.15) is 0 Å². The summed E-state index contributed by atoms with van der Waals surface area (Å²) >= 11 is 4.32. The van der Waals surface area contributed by atoms with Crippen molar-refractivity contribution in [2.24, 2.45) is 11.8 Å². The van der Waals surface area contributed by atoms with Crippen molar-refractivity contribution in [3.05, 3.63) is 0 Å². The van der Waals surface area contributed by atoms with E-state index in [0.717, 1.165) is 13.1 Å². The molecule has 1 N–H and O–H groups in total. The maximum absolute atomic E-state index is 11.7. The fraction of sp³-hybridized carbons (Fsp3) is 0.923. The average Bonchev–Trinajstić information content (AvgIpc) is 2.77. The second kappa shape index (κ2) is 7.27. The van der Waals surface area contributed by atoms with Gasteiger partial charge in [0.15, 0.2) is 0 Å². The van der Waals surface area contributed by atoms with Gasteiger partial charge in [-0.25, -0.2) is 0 Å².